The zero-order valence-electron chi connectivity index (χ0n) is 14.6. The molecule has 10 heteroatoms. The monoisotopic (exact) mass is 402 g/mol. The number of aryl methyl sites for hydroxylation is 1. The number of hydrogen-bond acceptors (Lipinski definition) is 5. The van der Waals surface area contributed by atoms with Gasteiger partial charge in [0.2, 0.25) is 10.0 Å². The van der Waals surface area contributed by atoms with Crippen LogP contribution in [-0.4, -0.2) is 31.8 Å². The number of nitrogens with one attached hydrogen (secondary N) is 1. The first-order valence-electron chi connectivity index (χ1n) is 7.69. The van der Waals surface area contributed by atoms with E-state index in [0.717, 1.165) is 0 Å². The zero-order chi connectivity index (χ0) is 19.5. The Morgan fingerprint density at radius 1 is 1.46 bits per heavy atom. The molecule has 0 fully saturated rings. The molecule has 0 spiro atoms. The number of nitrogens with two attached hydrogens (primary N) is 1. The maximum atomic E-state index is 13.7. The van der Waals surface area contributed by atoms with Gasteiger partial charge in [0.1, 0.15) is 22.2 Å². The lowest BCUT2D eigenvalue weighted by atomic mass is 10.3. The zero-order valence-corrected chi connectivity index (χ0v) is 16.2. The second-order valence-electron chi connectivity index (χ2n) is 5.45. The average molecular weight is 403 g/mol. The van der Waals surface area contributed by atoms with Crippen molar-refractivity contribution < 1.29 is 17.5 Å². The predicted molar refractivity (Wildman–Crippen MR) is 97.7 cm³/mol. The Balaban J connectivity index is 2.31. The molecule has 0 saturated carbocycles. The maximum absolute atomic E-state index is 13.7. The maximum Gasteiger partial charge on any atom is 0.241 e. The summed E-state index contributed by atoms with van der Waals surface area (Å²) in [5.41, 5.74) is 6.47. The minimum atomic E-state index is -3.66. The van der Waals surface area contributed by atoms with Crippen molar-refractivity contribution in [2.45, 2.75) is 25.3 Å². The van der Waals surface area contributed by atoms with Crippen LogP contribution in [-0.2, 0) is 16.6 Å². The molecule has 26 heavy (non-hydrogen) atoms. The molecule has 0 aliphatic rings. The van der Waals surface area contributed by atoms with Gasteiger partial charge < -0.3 is 10.5 Å². The molecule has 0 amide bonds. The van der Waals surface area contributed by atoms with Crippen LogP contribution in [0.1, 0.15) is 11.4 Å². The van der Waals surface area contributed by atoms with Gasteiger partial charge >= 0.3 is 0 Å². The molecule has 1 aromatic heterocycles. The Hall–Kier alpha value is -1.94. The lowest BCUT2D eigenvalue weighted by Gasteiger charge is -2.10. The molecular weight excluding hydrogens is 383 g/mol. The lowest BCUT2D eigenvalue weighted by Crippen LogP contribution is -2.18. The van der Waals surface area contributed by atoms with Crippen LogP contribution in [0, 0.1) is 13.8 Å². The van der Waals surface area contributed by atoms with Crippen molar-refractivity contribution >= 4 is 21.6 Å². The molecule has 7 nitrogen and oxygen atoms in total. The van der Waals surface area contributed by atoms with Crippen molar-refractivity contribution in [2.24, 2.45) is 5.73 Å². The number of hydrogen-bond donors (Lipinski definition) is 2. The number of aromatic nitrogens is 2. The van der Waals surface area contributed by atoms with Crippen LogP contribution in [0.3, 0.4) is 0 Å². The fourth-order valence-corrected chi connectivity index (χ4v) is 3.57. The summed E-state index contributed by atoms with van der Waals surface area (Å²) in [6.07, 6.45) is 1.28. The van der Waals surface area contributed by atoms with E-state index in [9.17, 15) is 12.8 Å². The molecule has 3 N–H and O–H groups in total. The van der Waals surface area contributed by atoms with Crippen LogP contribution in [0.4, 0.5) is 4.39 Å². The molecule has 0 saturated heterocycles. The van der Waals surface area contributed by atoms with Gasteiger partial charge in [0.15, 0.2) is 5.75 Å². The van der Waals surface area contributed by atoms with Gasteiger partial charge in [-0.25, -0.2) is 17.5 Å². The van der Waals surface area contributed by atoms with Crippen LogP contribution in [0.25, 0.3) is 0 Å². The second-order valence-corrected chi connectivity index (χ2v) is 7.71. The third kappa shape index (κ3) is 4.42. The van der Waals surface area contributed by atoms with Gasteiger partial charge in [0, 0.05) is 12.6 Å². The normalized spacial score (nSPS) is 12.5. The van der Waals surface area contributed by atoms with Crippen molar-refractivity contribution in [3.63, 3.8) is 0 Å². The van der Waals surface area contributed by atoms with Gasteiger partial charge in [-0.05, 0) is 39.1 Å². The van der Waals surface area contributed by atoms with E-state index in [4.69, 9.17) is 22.1 Å². The second kappa shape index (κ2) is 8.17. The van der Waals surface area contributed by atoms with E-state index in [1.54, 1.807) is 13.8 Å². The van der Waals surface area contributed by atoms with Crippen LogP contribution in [0.5, 0.6) is 11.5 Å². The Bertz CT molecular complexity index is 941. The lowest BCUT2D eigenvalue weighted by molar-refractivity contribution is 0.470. The summed E-state index contributed by atoms with van der Waals surface area (Å²) in [7, 11) is -2.36. The van der Waals surface area contributed by atoms with Crippen LogP contribution < -0.4 is 15.2 Å². The first kappa shape index (κ1) is 20.4. The SMILES string of the molecule is CNS(=O)(=O)c1ccc(Oc2c(C)nn(CC(F)=CCN)c2C)cc1Cl. The highest BCUT2D eigenvalue weighted by Crippen LogP contribution is 2.32. The largest absolute Gasteiger partial charge is 0.453 e. The van der Waals surface area contributed by atoms with Crippen molar-refractivity contribution in [1.82, 2.24) is 14.5 Å². The molecule has 0 atom stereocenters. The van der Waals surface area contributed by atoms with Crippen LogP contribution in [0.2, 0.25) is 5.02 Å². The minimum Gasteiger partial charge on any atom is -0.453 e. The Morgan fingerprint density at radius 3 is 2.73 bits per heavy atom. The fraction of sp³-hybridized carbons (Fsp3) is 0.312. The van der Waals surface area contributed by atoms with E-state index in [2.05, 4.69) is 9.82 Å². The van der Waals surface area contributed by atoms with Gasteiger partial charge in [-0.1, -0.05) is 11.6 Å². The van der Waals surface area contributed by atoms with Crippen LogP contribution in [0.15, 0.2) is 35.0 Å². The molecule has 142 valence electrons. The van der Waals surface area contributed by atoms with E-state index in [1.165, 1.54) is 36.0 Å². The summed E-state index contributed by atoms with van der Waals surface area (Å²) in [5.74, 6) is 0.397. The number of allylic oxidation sites excluding steroid dienone is 1. The highest BCUT2D eigenvalue weighted by Gasteiger charge is 2.18. The van der Waals surface area contributed by atoms with Gasteiger partial charge in [-0.2, -0.15) is 5.10 Å². The molecule has 0 aliphatic heterocycles. The minimum absolute atomic E-state index is 0.0245. The van der Waals surface area contributed by atoms with Crippen molar-refractivity contribution in [3.05, 3.63) is 46.5 Å². The van der Waals surface area contributed by atoms with Gasteiger partial charge in [0.25, 0.3) is 0 Å². The summed E-state index contributed by atoms with van der Waals surface area (Å²) in [5, 5.41) is 4.28. The van der Waals surface area contributed by atoms with Crippen molar-refractivity contribution in [1.29, 1.82) is 0 Å². The summed E-state index contributed by atoms with van der Waals surface area (Å²) < 4.78 is 46.9. The number of nitrogens with zero attached hydrogens (tertiary/aromatic N) is 2. The summed E-state index contributed by atoms with van der Waals surface area (Å²) in [4.78, 5) is -0.0489. The number of benzene rings is 1. The molecule has 0 radical (unpaired) electrons. The Labute approximate surface area is 156 Å². The first-order chi connectivity index (χ1) is 12.2. The third-order valence-electron chi connectivity index (χ3n) is 3.64. The van der Waals surface area contributed by atoms with Crippen molar-refractivity contribution in [3.8, 4) is 11.5 Å². The fourth-order valence-electron chi connectivity index (χ4n) is 2.31. The molecule has 0 unspecified atom stereocenters. The van der Waals surface area contributed by atoms with E-state index in [0.29, 0.717) is 22.9 Å². The topological polar surface area (TPSA) is 99.2 Å². The highest BCUT2D eigenvalue weighted by atomic mass is 35.5. The van der Waals surface area contributed by atoms with E-state index >= 15 is 0 Å². The van der Waals surface area contributed by atoms with Crippen LogP contribution >= 0.6 is 11.6 Å². The van der Waals surface area contributed by atoms with E-state index in [1.807, 2.05) is 0 Å². The molecule has 1 heterocycles. The molecule has 2 aromatic rings. The smallest absolute Gasteiger partial charge is 0.241 e. The third-order valence-corrected chi connectivity index (χ3v) is 5.53. The highest BCUT2D eigenvalue weighted by molar-refractivity contribution is 7.89. The van der Waals surface area contributed by atoms with Crippen molar-refractivity contribution in [2.75, 3.05) is 13.6 Å². The predicted octanol–water partition coefficient (Wildman–Crippen LogP) is 2.67. The number of rotatable bonds is 7. The van der Waals surface area contributed by atoms with Gasteiger partial charge in [-0.3, -0.25) is 4.68 Å². The average Bonchev–Trinajstić information content (AvgIpc) is 2.82. The van der Waals surface area contributed by atoms with E-state index < -0.39 is 15.9 Å². The molecular formula is C16H20ClFN4O3S. The van der Waals surface area contributed by atoms with Gasteiger partial charge in [0.05, 0.1) is 17.3 Å². The summed E-state index contributed by atoms with van der Waals surface area (Å²) in [6, 6.07) is 4.24. The molecule has 1 aromatic carbocycles. The number of halogens is 2. The quantitative estimate of drug-likeness (QED) is 0.741. The molecule has 0 bridgehead atoms. The number of sulfonamides is 1. The summed E-state index contributed by atoms with van der Waals surface area (Å²) in [6.45, 7) is 3.53. The van der Waals surface area contributed by atoms with Gasteiger partial charge in [-0.15, -0.1) is 0 Å². The first-order valence-corrected chi connectivity index (χ1v) is 9.55. The molecule has 0 aliphatic carbocycles. The summed E-state index contributed by atoms with van der Waals surface area (Å²) >= 11 is 6.06. The Morgan fingerprint density at radius 2 is 2.15 bits per heavy atom. The number of ether oxygens (including phenoxy) is 1. The standard InChI is InChI=1S/C16H20ClFN4O3S/c1-10-16(11(2)22(21-10)9-12(18)6-7-19)25-13-4-5-15(14(17)8-13)26(23,24)20-3/h4-6,8,20H,7,9,19H2,1-3H3. The Kier molecular flexibility index (Phi) is 6.40. The van der Waals surface area contributed by atoms with E-state index in [-0.39, 0.29) is 23.0 Å². The molecule has 2 rings (SSSR count).